The highest BCUT2D eigenvalue weighted by molar-refractivity contribution is 8.00. The zero-order valence-electron chi connectivity index (χ0n) is 14.5. The maximum absolute atomic E-state index is 12.8. The summed E-state index contributed by atoms with van der Waals surface area (Å²) in [6, 6.07) is -0.917. The van der Waals surface area contributed by atoms with Crippen LogP contribution in [0.4, 0.5) is 5.13 Å². The number of anilines is 1. The fourth-order valence-corrected chi connectivity index (χ4v) is 4.52. The van der Waals surface area contributed by atoms with Crippen molar-refractivity contribution in [3.8, 4) is 0 Å². The third kappa shape index (κ3) is 3.60. The summed E-state index contributed by atoms with van der Waals surface area (Å²) < 4.78 is 0. The first-order chi connectivity index (χ1) is 13.2. The van der Waals surface area contributed by atoms with Crippen molar-refractivity contribution in [3.63, 3.8) is 0 Å². The summed E-state index contributed by atoms with van der Waals surface area (Å²) in [6.07, 6.45) is 2.68. The lowest BCUT2D eigenvalue weighted by Crippen LogP contribution is -2.70. The number of thioether (sulfide) groups is 1. The van der Waals surface area contributed by atoms with E-state index < -0.39 is 41.1 Å². The number of nitrogens with one attached hydrogen (secondary N) is 1. The number of β-lactam (4-membered cyclic amide) rings is 1. The fraction of sp³-hybridized carbons (Fsp3) is 0.312. The molecular weight excluding hydrogens is 408 g/mol. The van der Waals surface area contributed by atoms with Crippen LogP contribution in [-0.4, -0.2) is 61.0 Å². The number of carboxylic acids is 2. The van der Waals surface area contributed by atoms with Crippen molar-refractivity contribution in [2.75, 3.05) is 11.5 Å². The van der Waals surface area contributed by atoms with Crippen molar-refractivity contribution in [2.24, 2.45) is 5.92 Å². The second kappa shape index (κ2) is 7.64. The first kappa shape index (κ1) is 19.9. The Kier molecular flexibility index (Phi) is 5.42. The van der Waals surface area contributed by atoms with Gasteiger partial charge < -0.3 is 21.3 Å². The van der Waals surface area contributed by atoms with Gasteiger partial charge in [-0.25, -0.2) is 9.78 Å². The van der Waals surface area contributed by atoms with Gasteiger partial charge in [0.15, 0.2) is 5.13 Å². The summed E-state index contributed by atoms with van der Waals surface area (Å²) in [5.41, 5.74) is 5.69. The summed E-state index contributed by atoms with van der Waals surface area (Å²) in [5.74, 6) is -4.13. The van der Waals surface area contributed by atoms with E-state index in [-0.39, 0.29) is 22.1 Å². The Bertz CT molecular complexity index is 924. The number of hydrogen-bond donors (Lipinski definition) is 4. The number of nitrogen functional groups attached to an aromatic ring is 1. The topological polar surface area (TPSA) is 163 Å². The molecule has 2 aliphatic heterocycles. The average molecular weight is 424 g/mol. The molecule has 5 N–H and O–H groups in total. The zero-order valence-corrected chi connectivity index (χ0v) is 16.1. The number of fused-ring (bicyclic) bond motifs is 1. The number of nitrogens with zero attached hydrogens (tertiary/aromatic N) is 2. The van der Waals surface area contributed by atoms with Crippen LogP contribution in [0.1, 0.15) is 12.6 Å². The van der Waals surface area contributed by atoms with Gasteiger partial charge in [-0.1, -0.05) is 6.08 Å². The molecule has 0 bridgehead atoms. The number of rotatable bonds is 6. The number of nitrogens with two attached hydrogens (primary N) is 1. The van der Waals surface area contributed by atoms with Crippen molar-refractivity contribution >= 4 is 57.6 Å². The van der Waals surface area contributed by atoms with E-state index in [9.17, 15) is 24.3 Å². The molecule has 0 radical (unpaired) electrons. The molecular formula is C16H16N4O6S2. The van der Waals surface area contributed by atoms with Crippen LogP contribution in [0.2, 0.25) is 0 Å². The van der Waals surface area contributed by atoms with Crippen LogP contribution in [0.15, 0.2) is 23.2 Å². The van der Waals surface area contributed by atoms with Crippen LogP contribution in [0.25, 0.3) is 5.57 Å². The highest BCUT2D eigenvalue weighted by Crippen LogP contribution is 2.37. The van der Waals surface area contributed by atoms with Gasteiger partial charge in [0.2, 0.25) is 0 Å². The molecule has 2 aliphatic rings. The van der Waals surface area contributed by atoms with Crippen LogP contribution >= 0.6 is 23.1 Å². The molecule has 1 aromatic rings. The molecule has 1 fully saturated rings. The van der Waals surface area contributed by atoms with Gasteiger partial charge >= 0.3 is 11.9 Å². The van der Waals surface area contributed by atoms with Gasteiger partial charge in [0.1, 0.15) is 17.1 Å². The minimum atomic E-state index is -1.21. The first-order valence-electron chi connectivity index (χ1n) is 8.05. The van der Waals surface area contributed by atoms with Crippen LogP contribution in [0.3, 0.4) is 0 Å². The Hall–Kier alpha value is -2.86. The summed E-state index contributed by atoms with van der Waals surface area (Å²) >= 11 is 2.41. The molecule has 3 heterocycles. The minimum absolute atomic E-state index is 0.0103. The molecule has 12 heteroatoms. The molecule has 2 amide bonds. The van der Waals surface area contributed by atoms with E-state index >= 15 is 0 Å². The normalized spacial score (nSPS) is 22.6. The van der Waals surface area contributed by atoms with Gasteiger partial charge in [-0.15, -0.1) is 23.1 Å². The Morgan fingerprint density at radius 3 is 2.71 bits per heavy atom. The number of aliphatic carboxylic acids is 2. The number of aromatic nitrogens is 1. The lowest BCUT2D eigenvalue weighted by atomic mass is 10.0. The first-order valence-corrected chi connectivity index (χ1v) is 9.98. The second-order valence-electron chi connectivity index (χ2n) is 6.06. The Morgan fingerprint density at radius 2 is 2.14 bits per heavy atom. The number of carboxylic acid groups (broad SMARTS) is 2. The lowest BCUT2D eigenvalue weighted by Gasteiger charge is -2.48. The van der Waals surface area contributed by atoms with E-state index in [0.717, 1.165) is 16.2 Å². The zero-order chi connectivity index (χ0) is 20.6. The highest BCUT2D eigenvalue weighted by atomic mass is 32.2. The van der Waals surface area contributed by atoms with Crippen molar-refractivity contribution in [2.45, 2.75) is 18.3 Å². The summed E-state index contributed by atoms with van der Waals surface area (Å²) in [4.78, 5) is 52.8. The van der Waals surface area contributed by atoms with Gasteiger partial charge in [-0.05, 0) is 13.0 Å². The molecule has 3 rings (SSSR count). The highest BCUT2D eigenvalue weighted by Gasteiger charge is 2.52. The number of hydrogen-bond acceptors (Lipinski definition) is 8. The third-order valence-corrected chi connectivity index (χ3v) is 6.06. The number of carbonyl (C=O) groups is 4. The molecule has 0 saturated carbocycles. The minimum Gasteiger partial charge on any atom is -0.481 e. The third-order valence-electron chi connectivity index (χ3n) is 4.20. The van der Waals surface area contributed by atoms with Crippen molar-refractivity contribution in [1.82, 2.24) is 15.2 Å². The van der Waals surface area contributed by atoms with E-state index in [1.807, 2.05) is 0 Å². The molecule has 1 saturated heterocycles. The van der Waals surface area contributed by atoms with Gasteiger partial charge in [-0.3, -0.25) is 19.3 Å². The quantitative estimate of drug-likeness (QED) is 0.369. The fourth-order valence-electron chi connectivity index (χ4n) is 2.77. The van der Waals surface area contributed by atoms with Gasteiger partial charge in [0.25, 0.3) is 11.8 Å². The molecule has 3 atom stereocenters. The van der Waals surface area contributed by atoms with Crippen LogP contribution in [-0.2, 0) is 19.2 Å². The van der Waals surface area contributed by atoms with E-state index in [0.29, 0.717) is 5.75 Å². The summed E-state index contributed by atoms with van der Waals surface area (Å²) in [6.45, 7) is 1.41. The summed E-state index contributed by atoms with van der Waals surface area (Å²) in [7, 11) is 0. The maximum atomic E-state index is 12.8. The number of carbonyl (C=O) groups excluding carboxylic acids is 2. The van der Waals surface area contributed by atoms with Crippen LogP contribution < -0.4 is 11.1 Å². The van der Waals surface area contributed by atoms with Crippen molar-refractivity contribution < 1.29 is 29.4 Å². The second-order valence-corrected chi connectivity index (χ2v) is 8.10. The van der Waals surface area contributed by atoms with Gasteiger partial charge in [-0.2, -0.15) is 0 Å². The lowest BCUT2D eigenvalue weighted by molar-refractivity contribution is -0.150. The SMILES string of the molecule is CC(C=C(C(=O)N[C@@H]1C(=O)N2C(C(=O)O)=CCS[C@@H]12)c1csc(N)n1)C(=O)O. The van der Waals surface area contributed by atoms with Crippen LogP contribution in [0.5, 0.6) is 0 Å². The Morgan fingerprint density at radius 1 is 1.43 bits per heavy atom. The van der Waals surface area contributed by atoms with E-state index in [2.05, 4.69) is 10.3 Å². The number of amides is 2. The smallest absolute Gasteiger partial charge is 0.352 e. The molecule has 148 valence electrons. The van der Waals surface area contributed by atoms with Gasteiger partial charge in [0.05, 0.1) is 17.2 Å². The number of thiazole rings is 1. The van der Waals surface area contributed by atoms with Crippen molar-refractivity contribution in [1.29, 1.82) is 0 Å². The monoisotopic (exact) mass is 424 g/mol. The molecule has 10 nitrogen and oxygen atoms in total. The van der Waals surface area contributed by atoms with Gasteiger partial charge in [0, 0.05) is 11.1 Å². The van der Waals surface area contributed by atoms with E-state index in [1.165, 1.54) is 36.2 Å². The largest absolute Gasteiger partial charge is 0.481 e. The molecule has 0 spiro atoms. The average Bonchev–Trinajstić information content (AvgIpc) is 3.08. The Balaban J connectivity index is 1.82. The maximum Gasteiger partial charge on any atom is 0.352 e. The van der Waals surface area contributed by atoms with Crippen molar-refractivity contribution in [3.05, 3.63) is 28.9 Å². The predicted octanol–water partition coefficient (Wildman–Crippen LogP) is 0.198. The molecule has 1 aromatic heterocycles. The predicted molar refractivity (Wildman–Crippen MR) is 102 cm³/mol. The summed E-state index contributed by atoms with van der Waals surface area (Å²) in [5, 5.41) is 22.1. The van der Waals surface area contributed by atoms with E-state index in [4.69, 9.17) is 10.8 Å². The van der Waals surface area contributed by atoms with E-state index in [1.54, 1.807) is 0 Å². The molecule has 0 aromatic carbocycles. The molecule has 1 unspecified atom stereocenters. The van der Waals surface area contributed by atoms with Crippen LogP contribution in [0, 0.1) is 5.92 Å². The molecule has 28 heavy (non-hydrogen) atoms. The Labute approximate surface area is 167 Å². The molecule has 0 aliphatic carbocycles. The standard InChI is InChI=1S/C16H16N4O6S2/c1-6(14(23)24)4-7(8-5-28-16(17)18-8)11(21)19-10-12(22)20-9(15(25)26)2-3-27-13(10)20/h2,4-6,10,13H,3H2,1H3,(H2,17,18)(H,19,21)(H,23,24)(H,25,26)/t6?,10-,13+/m1/s1.